The van der Waals surface area contributed by atoms with E-state index in [9.17, 15) is 9.59 Å². The van der Waals surface area contributed by atoms with Gasteiger partial charge in [-0.1, -0.05) is 30.0 Å². The number of hydrogen-bond acceptors (Lipinski definition) is 5. The van der Waals surface area contributed by atoms with E-state index in [0.717, 1.165) is 17.4 Å². The predicted octanol–water partition coefficient (Wildman–Crippen LogP) is 0.458. The molecule has 0 unspecified atom stereocenters. The Hall–Kier alpha value is -2.61. The van der Waals surface area contributed by atoms with Gasteiger partial charge in [-0.05, 0) is 12.1 Å². The van der Waals surface area contributed by atoms with Crippen LogP contribution in [-0.2, 0) is 4.79 Å². The molecule has 0 saturated carbocycles. The van der Waals surface area contributed by atoms with E-state index in [1.54, 1.807) is 16.8 Å². The molecule has 0 fully saturated rings. The van der Waals surface area contributed by atoms with Crippen LogP contribution in [0.4, 0.5) is 0 Å². The number of benzene rings is 1. The Morgan fingerprint density at radius 2 is 1.95 bits per heavy atom. The fourth-order valence-corrected chi connectivity index (χ4v) is 2.55. The molecule has 3 rings (SSSR count). The van der Waals surface area contributed by atoms with Crippen LogP contribution in [0.3, 0.4) is 0 Å². The molecule has 0 aliphatic heterocycles. The third-order valence-corrected chi connectivity index (χ3v) is 3.78. The van der Waals surface area contributed by atoms with Crippen molar-refractivity contribution < 1.29 is 4.79 Å². The molecule has 1 aromatic carbocycles. The number of carbonyl (C=O) groups is 1. The maximum atomic E-state index is 12.4. The Kier molecular flexibility index (Phi) is 3.44. The lowest BCUT2D eigenvalue weighted by atomic mass is 10.3. The maximum Gasteiger partial charge on any atom is 0.300 e. The second-order valence-electron chi connectivity index (χ2n) is 4.24. The molecule has 0 saturated heterocycles. The van der Waals surface area contributed by atoms with Gasteiger partial charge in [0.2, 0.25) is 11.6 Å². The van der Waals surface area contributed by atoms with Crippen LogP contribution in [0.15, 0.2) is 52.7 Å². The molecule has 2 N–H and O–H groups in total. The lowest BCUT2D eigenvalue weighted by molar-refractivity contribution is -0.115. The van der Waals surface area contributed by atoms with Crippen molar-refractivity contribution in [3.63, 3.8) is 0 Å². The fourth-order valence-electron chi connectivity index (χ4n) is 1.89. The van der Waals surface area contributed by atoms with Crippen LogP contribution in [-0.4, -0.2) is 30.8 Å². The van der Waals surface area contributed by atoms with Crippen LogP contribution in [0.2, 0.25) is 0 Å². The lowest BCUT2D eigenvalue weighted by Crippen LogP contribution is -2.20. The quantitative estimate of drug-likeness (QED) is 0.706. The van der Waals surface area contributed by atoms with Gasteiger partial charge < -0.3 is 5.73 Å². The van der Waals surface area contributed by atoms with Gasteiger partial charge in [0.25, 0.3) is 0 Å². The van der Waals surface area contributed by atoms with Crippen molar-refractivity contribution in [1.82, 2.24) is 19.2 Å². The first-order valence-corrected chi connectivity index (χ1v) is 7.08. The van der Waals surface area contributed by atoms with Crippen LogP contribution in [0, 0.1) is 0 Å². The number of nitrogens with zero attached hydrogens (tertiary/aromatic N) is 4. The van der Waals surface area contributed by atoms with Crippen molar-refractivity contribution in [2.24, 2.45) is 5.73 Å². The highest BCUT2D eigenvalue weighted by molar-refractivity contribution is 7.99. The highest BCUT2D eigenvalue weighted by Gasteiger charge is 2.12. The standard InChI is InChI=1S/C13H11N5O2S/c14-10(19)8-21-13-16-15-11-12(20)17(6-7-18(11)13)9-4-2-1-3-5-9/h1-7H,8H2,(H2,14,19). The Morgan fingerprint density at radius 3 is 2.67 bits per heavy atom. The molecule has 3 aromatic rings. The zero-order valence-electron chi connectivity index (χ0n) is 10.8. The van der Waals surface area contributed by atoms with E-state index in [4.69, 9.17) is 5.73 Å². The smallest absolute Gasteiger partial charge is 0.300 e. The largest absolute Gasteiger partial charge is 0.369 e. The van der Waals surface area contributed by atoms with Gasteiger partial charge in [-0.3, -0.25) is 18.6 Å². The maximum absolute atomic E-state index is 12.4. The van der Waals surface area contributed by atoms with Crippen molar-refractivity contribution in [2.45, 2.75) is 5.16 Å². The van der Waals surface area contributed by atoms with E-state index in [2.05, 4.69) is 10.2 Å². The van der Waals surface area contributed by atoms with Crippen LogP contribution in [0.1, 0.15) is 0 Å². The van der Waals surface area contributed by atoms with Crippen LogP contribution in [0.25, 0.3) is 11.3 Å². The van der Waals surface area contributed by atoms with Crippen LogP contribution < -0.4 is 11.3 Å². The summed E-state index contributed by atoms with van der Waals surface area (Å²) in [6.07, 6.45) is 3.33. The molecule has 0 spiro atoms. The average molecular weight is 301 g/mol. The van der Waals surface area contributed by atoms with E-state index in [1.165, 1.54) is 4.57 Å². The highest BCUT2D eigenvalue weighted by Crippen LogP contribution is 2.15. The SMILES string of the molecule is NC(=O)CSc1nnc2c(=O)n(-c3ccccc3)ccn12. The minimum absolute atomic E-state index is 0.0859. The van der Waals surface area contributed by atoms with Gasteiger partial charge in [0.15, 0.2) is 5.16 Å². The molecule has 0 aliphatic carbocycles. The van der Waals surface area contributed by atoms with Crippen LogP contribution in [0.5, 0.6) is 0 Å². The molecule has 106 valence electrons. The van der Waals surface area contributed by atoms with Gasteiger partial charge in [-0.25, -0.2) is 0 Å². The third kappa shape index (κ3) is 2.52. The van der Waals surface area contributed by atoms with Gasteiger partial charge in [0.1, 0.15) is 0 Å². The average Bonchev–Trinajstić information content (AvgIpc) is 2.90. The molecule has 2 aromatic heterocycles. The highest BCUT2D eigenvalue weighted by atomic mass is 32.2. The monoisotopic (exact) mass is 301 g/mol. The van der Waals surface area contributed by atoms with Gasteiger partial charge in [0, 0.05) is 18.1 Å². The molecule has 0 atom stereocenters. The fraction of sp³-hybridized carbons (Fsp3) is 0.0769. The molecule has 0 radical (unpaired) electrons. The molecular formula is C13H11N5O2S. The van der Waals surface area contributed by atoms with Gasteiger partial charge in [0.05, 0.1) is 5.75 Å². The summed E-state index contributed by atoms with van der Waals surface area (Å²) in [5.41, 5.74) is 5.78. The van der Waals surface area contributed by atoms with E-state index >= 15 is 0 Å². The van der Waals surface area contributed by atoms with Crippen molar-refractivity contribution >= 4 is 23.3 Å². The van der Waals surface area contributed by atoms with Crippen LogP contribution >= 0.6 is 11.8 Å². The molecule has 0 aliphatic rings. The number of para-hydroxylation sites is 1. The Bertz CT molecular complexity index is 856. The zero-order valence-corrected chi connectivity index (χ0v) is 11.7. The number of primary amides is 1. The summed E-state index contributed by atoms with van der Waals surface area (Å²) in [7, 11) is 0. The molecular weight excluding hydrogens is 290 g/mol. The minimum atomic E-state index is -0.450. The summed E-state index contributed by atoms with van der Waals surface area (Å²) >= 11 is 1.14. The Morgan fingerprint density at radius 1 is 1.19 bits per heavy atom. The van der Waals surface area contributed by atoms with Crippen molar-refractivity contribution in [3.8, 4) is 5.69 Å². The van der Waals surface area contributed by atoms with Crippen molar-refractivity contribution in [3.05, 3.63) is 53.1 Å². The molecule has 1 amide bonds. The number of carbonyl (C=O) groups excluding carboxylic acids is 1. The number of aromatic nitrogens is 4. The molecule has 21 heavy (non-hydrogen) atoms. The third-order valence-electron chi connectivity index (χ3n) is 2.82. The Labute approximate surface area is 123 Å². The number of nitrogens with two attached hydrogens (primary N) is 1. The first kappa shape index (κ1) is 13.4. The minimum Gasteiger partial charge on any atom is -0.369 e. The summed E-state index contributed by atoms with van der Waals surface area (Å²) < 4.78 is 3.04. The van der Waals surface area contributed by atoms with Gasteiger partial charge in [-0.15, -0.1) is 10.2 Å². The number of thioether (sulfide) groups is 1. The normalized spacial score (nSPS) is 10.9. The molecule has 8 heteroatoms. The summed E-state index contributed by atoms with van der Waals surface area (Å²) in [5.74, 6) is -0.364. The van der Waals surface area contributed by atoms with E-state index in [0.29, 0.717) is 5.16 Å². The number of hydrogen-bond donors (Lipinski definition) is 1. The second kappa shape index (κ2) is 5.41. The number of amides is 1. The number of fused-ring (bicyclic) bond motifs is 1. The van der Waals surface area contributed by atoms with E-state index in [1.807, 2.05) is 30.3 Å². The van der Waals surface area contributed by atoms with Gasteiger partial charge >= 0.3 is 5.56 Å². The van der Waals surface area contributed by atoms with E-state index in [-0.39, 0.29) is 17.0 Å². The molecule has 0 bridgehead atoms. The predicted molar refractivity (Wildman–Crippen MR) is 78.5 cm³/mol. The molecule has 7 nitrogen and oxygen atoms in total. The first-order chi connectivity index (χ1) is 10.2. The Balaban J connectivity index is 2.07. The van der Waals surface area contributed by atoms with Gasteiger partial charge in [-0.2, -0.15) is 0 Å². The number of rotatable bonds is 4. The summed E-state index contributed by atoms with van der Waals surface area (Å²) in [5, 5.41) is 8.27. The summed E-state index contributed by atoms with van der Waals surface area (Å²) in [4.78, 5) is 23.2. The summed E-state index contributed by atoms with van der Waals surface area (Å²) in [6.45, 7) is 0. The lowest BCUT2D eigenvalue weighted by Gasteiger charge is -2.05. The second-order valence-corrected chi connectivity index (χ2v) is 5.18. The topological polar surface area (TPSA) is 95.3 Å². The van der Waals surface area contributed by atoms with Crippen molar-refractivity contribution in [1.29, 1.82) is 0 Å². The molecule has 2 heterocycles. The van der Waals surface area contributed by atoms with E-state index < -0.39 is 5.91 Å². The summed E-state index contributed by atoms with van der Waals surface area (Å²) in [6, 6.07) is 9.24. The van der Waals surface area contributed by atoms with Crippen molar-refractivity contribution in [2.75, 3.05) is 5.75 Å². The zero-order chi connectivity index (χ0) is 14.8. The first-order valence-electron chi connectivity index (χ1n) is 6.10.